The molecule has 0 atom stereocenters. The molecule has 3 aromatic carbocycles. The summed E-state index contributed by atoms with van der Waals surface area (Å²) in [6, 6.07) is 20.5. The zero-order valence-corrected chi connectivity index (χ0v) is 14.5. The number of nitrogens with one attached hydrogen (secondary N) is 1. The van der Waals surface area contributed by atoms with Crippen LogP contribution in [0.1, 0.15) is 5.56 Å². The standard InChI is InChI=1S/C20H19NO3S/c1-2-16-8-4-6-13-20(16)25(22,23)21-14-15-24-19-12-7-10-17-9-3-5-11-18(17)19/h2-13,21H,1,14-15H2. The maximum Gasteiger partial charge on any atom is 0.241 e. The Bertz CT molecular complexity index is 991. The number of hydrogen-bond acceptors (Lipinski definition) is 3. The van der Waals surface area contributed by atoms with Gasteiger partial charge in [0, 0.05) is 11.9 Å². The van der Waals surface area contributed by atoms with Gasteiger partial charge in [-0.15, -0.1) is 0 Å². The summed E-state index contributed by atoms with van der Waals surface area (Å²) in [6.07, 6.45) is 1.53. The molecule has 128 valence electrons. The van der Waals surface area contributed by atoms with Crippen molar-refractivity contribution in [1.29, 1.82) is 0 Å². The smallest absolute Gasteiger partial charge is 0.241 e. The summed E-state index contributed by atoms with van der Waals surface area (Å²) in [7, 11) is -3.60. The molecule has 3 rings (SSSR count). The zero-order valence-electron chi connectivity index (χ0n) is 13.7. The Morgan fingerprint density at radius 2 is 1.68 bits per heavy atom. The second kappa shape index (κ2) is 7.51. The topological polar surface area (TPSA) is 55.4 Å². The third-order valence-corrected chi connectivity index (χ3v) is 5.36. The molecule has 25 heavy (non-hydrogen) atoms. The SMILES string of the molecule is C=Cc1ccccc1S(=O)(=O)NCCOc1cccc2ccccc12. The fourth-order valence-electron chi connectivity index (χ4n) is 2.63. The highest BCUT2D eigenvalue weighted by Crippen LogP contribution is 2.25. The summed E-state index contributed by atoms with van der Waals surface area (Å²) in [4.78, 5) is 0.218. The summed E-state index contributed by atoms with van der Waals surface area (Å²) in [5, 5.41) is 2.09. The molecule has 0 spiro atoms. The first kappa shape index (κ1) is 17.2. The summed E-state index contributed by atoms with van der Waals surface area (Å²) >= 11 is 0. The number of rotatable bonds is 7. The number of hydrogen-bond donors (Lipinski definition) is 1. The minimum Gasteiger partial charge on any atom is -0.492 e. The van der Waals surface area contributed by atoms with Crippen LogP contribution in [-0.2, 0) is 10.0 Å². The predicted octanol–water partition coefficient (Wildman–Crippen LogP) is 3.84. The van der Waals surface area contributed by atoms with E-state index in [2.05, 4.69) is 11.3 Å². The molecule has 0 heterocycles. The molecule has 0 aliphatic heterocycles. The Kier molecular flexibility index (Phi) is 5.16. The molecule has 0 aliphatic rings. The summed E-state index contributed by atoms with van der Waals surface area (Å²) in [5.74, 6) is 0.740. The lowest BCUT2D eigenvalue weighted by Crippen LogP contribution is -2.28. The molecule has 4 nitrogen and oxygen atoms in total. The van der Waals surface area contributed by atoms with Crippen LogP contribution in [0.3, 0.4) is 0 Å². The van der Waals surface area contributed by atoms with E-state index in [4.69, 9.17) is 4.74 Å². The molecular formula is C20H19NO3S. The van der Waals surface area contributed by atoms with Gasteiger partial charge in [-0.05, 0) is 23.1 Å². The van der Waals surface area contributed by atoms with Gasteiger partial charge in [0.05, 0.1) is 4.90 Å². The third kappa shape index (κ3) is 3.90. The molecule has 0 radical (unpaired) electrons. The van der Waals surface area contributed by atoms with Crippen LogP contribution in [0.2, 0.25) is 0 Å². The van der Waals surface area contributed by atoms with Crippen molar-refractivity contribution in [3.63, 3.8) is 0 Å². The Morgan fingerprint density at radius 3 is 2.52 bits per heavy atom. The van der Waals surface area contributed by atoms with E-state index in [0.717, 1.165) is 16.5 Å². The van der Waals surface area contributed by atoms with Gasteiger partial charge in [-0.3, -0.25) is 0 Å². The summed E-state index contributed by atoms with van der Waals surface area (Å²) in [5.41, 5.74) is 0.574. The van der Waals surface area contributed by atoms with Gasteiger partial charge in [0.1, 0.15) is 12.4 Å². The van der Waals surface area contributed by atoms with Crippen molar-refractivity contribution < 1.29 is 13.2 Å². The van der Waals surface area contributed by atoms with Crippen molar-refractivity contribution in [2.45, 2.75) is 4.90 Å². The Balaban J connectivity index is 1.65. The van der Waals surface area contributed by atoms with Gasteiger partial charge in [0.15, 0.2) is 0 Å². The Morgan fingerprint density at radius 1 is 0.960 bits per heavy atom. The van der Waals surface area contributed by atoms with Crippen LogP contribution < -0.4 is 9.46 Å². The van der Waals surface area contributed by atoms with E-state index >= 15 is 0 Å². The molecule has 0 amide bonds. The van der Waals surface area contributed by atoms with E-state index in [0.29, 0.717) is 5.56 Å². The Hall–Kier alpha value is -2.63. The van der Waals surface area contributed by atoms with E-state index in [1.165, 1.54) is 6.08 Å². The summed E-state index contributed by atoms with van der Waals surface area (Å²) < 4.78 is 33.2. The minimum atomic E-state index is -3.60. The minimum absolute atomic E-state index is 0.178. The highest BCUT2D eigenvalue weighted by atomic mass is 32.2. The monoisotopic (exact) mass is 353 g/mol. The molecule has 0 fully saturated rings. The van der Waals surface area contributed by atoms with Crippen LogP contribution >= 0.6 is 0 Å². The molecule has 0 bridgehead atoms. The largest absolute Gasteiger partial charge is 0.492 e. The van der Waals surface area contributed by atoms with Crippen LogP contribution in [0.5, 0.6) is 5.75 Å². The number of ether oxygens (including phenoxy) is 1. The van der Waals surface area contributed by atoms with Crippen LogP contribution in [0.25, 0.3) is 16.8 Å². The first-order valence-corrected chi connectivity index (χ1v) is 9.42. The van der Waals surface area contributed by atoms with Gasteiger partial charge in [-0.1, -0.05) is 67.3 Å². The number of sulfonamides is 1. The quantitative estimate of drug-likeness (QED) is 0.657. The molecule has 0 aliphatic carbocycles. The lowest BCUT2D eigenvalue weighted by molar-refractivity contribution is 0.326. The fraction of sp³-hybridized carbons (Fsp3) is 0.100. The van der Waals surface area contributed by atoms with Gasteiger partial charge in [-0.25, -0.2) is 13.1 Å². The predicted molar refractivity (Wildman–Crippen MR) is 101 cm³/mol. The second-order valence-electron chi connectivity index (χ2n) is 5.47. The Labute approximate surface area is 147 Å². The molecule has 5 heteroatoms. The maximum absolute atomic E-state index is 12.4. The van der Waals surface area contributed by atoms with E-state index in [9.17, 15) is 8.42 Å². The third-order valence-electron chi connectivity index (χ3n) is 3.83. The van der Waals surface area contributed by atoms with Crippen molar-refractivity contribution in [1.82, 2.24) is 4.72 Å². The van der Waals surface area contributed by atoms with Crippen LogP contribution in [0, 0.1) is 0 Å². The van der Waals surface area contributed by atoms with Crippen molar-refractivity contribution in [2.75, 3.05) is 13.2 Å². The van der Waals surface area contributed by atoms with Crippen molar-refractivity contribution in [3.05, 3.63) is 78.9 Å². The molecule has 3 aromatic rings. The average Bonchev–Trinajstić information content (AvgIpc) is 2.65. The van der Waals surface area contributed by atoms with Gasteiger partial charge >= 0.3 is 0 Å². The molecule has 0 aromatic heterocycles. The van der Waals surface area contributed by atoms with Crippen molar-refractivity contribution in [3.8, 4) is 5.75 Å². The number of benzene rings is 3. The van der Waals surface area contributed by atoms with Gasteiger partial charge in [0.2, 0.25) is 10.0 Å². The van der Waals surface area contributed by atoms with Crippen LogP contribution in [-0.4, -0.2) is 21.6 Å². The van der Waals surface area contributed by atoms with E-state index in [-0.39, 0.29) is 18.0 Å². The molecule has 0 unspecified atom stereocenters. The van der Waals surface area contributed by atoms with E-state index in [1.54, 1.807) is 24.3 Å². The van der Waals surface area contributed by atoms with Gasteiger partial charge in [0.25, 0.3) is 0 Å². The van der Waals surface area contributed by atoms with Crippen LogP contribution in [0.15, 0.2) is 78.2 Å². The zero-order chi connectivity index (χ0) is 17.7. The van der Waals surface area contributed by atoms with Crippen molar-refractivity contribution in [2.24, 2.45) is 0 Å². The number of fused-ring (bicyclic) bond motifs is 1. The highest BCUT2D eigenvalue weighted by Gasteiger charge is 2.16. The fourth-order valence-corrected chi connectivity index (χ4v) is 3.86. The van der Waals surface area contributed by atoms with Gasteiger partial charge < -0.3 is 4.74 Å². The highest BCUT2D eigenvalue weighted by molar-refractivity contribution is 7.89. The molecular weight excluding hydrogens is 334 g/mol. The molecule has 1 N–H and O–H groups in total. The van der Waals surface area contributed by atoms with Gasteiger partial charge in [-0.2, -0.15) is 0 Å². The lowest BCUT2D eigenvalue weighted by atomic mass is 10.1. The lowest BCUT2D eigenvalue weighted by Gasteiger charge is -2.11. The maximum atomic E-state index is 12.4. The van der Waals surface area contributed by atoms with E-state index in [1.807, 2.05) is 42.5 Å². The van der Waals surface area contributed by atoms with E-state index < -0.39 is 10.0 Å². The second-order valence-corrected chi connectivity index (χ2v) is 7.20. The average molecular weight is 353 g/mol. The first-order valence-electron chi connectivity index (χ1n) is 7.93. The van der Waals surface area contributed by atoms with Crippen LogP contribution in [0.4, 0.5) is 0 Å². The first-order chi connectivity index (χ1) is 12.1. The molecule has 0 saturated carbocycles. The van der Waals surface area contributed by atoms with Crippen molar-refractivity contribution >= 4 is 26.9 Å². The normalized spacial score (nSPS) is 11.4. The summed E-state index contributed by atoms with van der Waals surface area (Å²) in [6.45, 7) is 4.07. The molecule has 0 saturated heterocycles.